The molecular weight excluding hydrogens is 437 g/mol. The summed E-state index contributed by atoms with van der Waals surface area (Å²) in [6.07, 6.45) is 0.675. The first kappa shape index (κ1) is 23.2. The molecule has 0 spiro atoms. The number of H-pyrrole nitrogens is 1. The smallest absolute Gasteiger partial charge is 0.262 e. The number of amides is 1. The van der Waals surface area contributed by atoms with Crippen LogP contribution < -0.4 is 10.9 Å². The molecule has 0 aliphatic carbocycles. The Kier molecular flexibility index (Phi) is 8.39. The largest absolute Gasteiger partial charge is 0.385 e. The van der Waals surface area contributed by atoms with Crippen molar-refractivity contribution in [3.05, 3.63) is 74.5 Å². The van der Waals surface area contributed by atoms with Crippen molar-refractivity contribution in [1.82, 2.24) is 14.9 Å². The maximum absolute atomic E-state index is 13.6. The Morgan fingerprint density at radius 3 is 2.87 bits per heavy atom. The number of aromatic amines is 1. The van der Waals surface area contributed by atoms with E-state index in [1.54, 1.807) is 55.3 Å². The monoisotopic (exact) mass is 461 g/mol. The molecule has 0 saturated carbocycles. The second-order valence-electron chi connectivity index (χ2n) is 6.89. The number of carbonyl (C=O) groups is 1. The van der Waals surface area contributed by atoms with Crippen molar-refractivity contribution in [3.63, 3.8) is 0 Å². The van der Waals surface area contributed by atoms with Gasteiger partial charge in [0.05, 0.1) is 10.9 Å². The van der Waals surface area contributed by atoms with Gasteiger partial charge >= 0.3 is 0 Å². The van der Waals surface area contributed by atoms with Crippen molar-refractivity contribution in [1.29, 1.82) is 0 Å². The quantitative estimate of drug-likeness (QED) is 0.354. The number of rotatable bonds is 10. The van der Waals surface area contributed by atoms with Crippen molar-refractivity contribution in [2.45, 2.75) is 18.7 Å². The maximum Gasteiger partial charge on any atom is 0.262 e. The van der Waals surface area contributed by atoms with E-state index in [4.69, 9.17) is 17.0 Å². The van der Waals surface area contributed by atoms with E-state index in [0.717, 1.165) is 0 Å². The van der Waals surface area contributed by atoms with Crippen LogP contribution in [0.15, 0.2) is 47.3 Å². The molecule has 0 atom stereocenters. The standard InChI is InChI=1S/C22H24FN3O3S2/c1-29-11-4-10-26-21(28)17-8-7-15(13-19(17)25-22(26)30)20(27)24-9-12-31-14-16-5-2-3-6-18(16)23/h2-3,5-8,13H,4,9-12,14H2,1H3,(H,24,27)(H,25,30). The van der Waals surface area contributed by atoms with Crippen LogP contribution in [-0.2, 0) is 17.0 Å². The van der Waals surface area contributed by atoms with Gasteiger partial charge in [0.15, 0.2) is 4.77 Å². The number of methoxy groups -OCH3 is 1. The van der Waals surface area contributed by atoms with E-state index in [-0.39, 0.29) is 17.3 Å². The van der Waals surface area contributed by atoms with Crippen LogP contribution in [-0.4, -0.2) is 41.5 Å². The van der Waals surface area contributed by atoms with Crippen LogP contribution >= 0.6 is 24.0 Å². The number of aromatic nitrogens is 2. The lowest BCUT2D eigenvalue weighted by atomic mass is 10.1. The van der Waals surface area contributed by atoms with E-state index in [2.05, 4.69) is 10.3 Å². The molecule has 0 unspecified atom stereocenters. The predicted octanol–water partition coefficient (Wildman–Crippen LogP) is 3.90. The highest BCUT2D eigenvalue weighted by Crippen LogP contribution is 2.15. The molecule has 0 fully saturated rings. The molecule has 2 N–H and O–H groups in total. The van der Waals surface area contributed by atoms with E-state index >= 15 is 0 Å². The topological polar surface area (TPSA) is 76.1 Å². The van der Waals surface area contributed by atoms with Crippen molar-refractivity contribution in [2.24, 2.45) is 0 Å². The fraction of sp³-hybridized carbons (Fsp3) is 0.318. The van der Waals surface area contributed by atoms with Crippen molar-refractivity contribution < 1.29 is 13.9 Å². The van der Waals surface area contributed by atoms with Crippen LogP contribution in [0.4, 0.5) is 4.39 Å². The second kappa shape index (κ2) is 11.2. The number of hydrogen-bond acceptors (Lipinski definition) is 5. The highest BCUT2D eigenvalue weighted by Gasteiger charge is 2.10. The maximum atomic E-state index is 13.6. The van der Waals surface area contributed by atoms with Crippen LogP contribution in [0.25, 0.3) is 10.9 Å². The molecule has 2 aromatic carbocycles. The first-order chi connectivity index (χ1) is 15.0. The summed E-state index contributed by atoms with van der Waals surface area (Å²) in [6, 6.07) is 11.6. The van der Waals surface area contributed by atoms with E-state index in [1.165, 1.54) is 10.6 Å². The van der Waals surface area contributed by atoms with Gasteiger partial charge < -0.3 is 15.0 Å². The third-order valence-corrected chi connectivity index (χ3v) is 6.05. The summed E-state index contributed by atoms with van der Waals surface area (Å²) in [7, 11) is 1.61. The Hall–Kier alpha value is -2.49. The minimum atomic E-state index is -0.239. The molecule has 0 bridgehead atoms. The summed E-state index contributed by atoms with van der Waals surface area (Å²) in [5.74, 6) is 0.746. The highest BCUT2D eigenvalue weighted by atomic mass is 32.2. The Bertz CT molecular complexity index is 1180. The molecule has 0 aliphatic rings. The van der Waals surface area contributed by atoms with Crippen molar-refractivity contribution in [3.8, 4) is 0 Å². The number of thioether (sulfide) groups is 1. The average molecular weight is 462 g/mol. The summed E-state index contributed by atoms with van der Waals surface area (Å²) in [5.41, 5.74) is 1.43. The summed E-state index contributed by atoms with van der Waals surface area (Å²) in [5, 5.41) is 3.32. The van der Waals surface area contributed by atoms with Gasteiger partial charge in [0.1, 0.15) is 5.82 Å². The minimum Gasteiger partial charge on any atom is -0.385 e. The van der Waals surface area contributed by atoms with Gasteiger partial charge in [-0.3, -0.25) is 14.2 Å². The van der Waals surface area contributed by atoms with Gasteiger partial charge in [-0.1, -0.05) is 18.2 Å². The third kappa shape index (κ3) is 6.03. The van der Waals surface area contributed by atoms with Gasteiger partial charge in [-0.2, -0.15) is 11.8 Å². The lowest BCUT2D eigenvalue weighted by molar-refractivity contribution is 0.0956. The molecule has 6 nitrogen and oxygen atoms in total. The van der Waals surface area contributed by atoms with Gasteiger partial charge in [0.2, 0.25) is 0 Å². The second-order valence-corrected chi connectivity index (χ2v) is 8.39. The van der Waals surface area contributed by atoms with Gasteiger partial charge in [-0.25, -0.2) is 4.39 Å². The number of ether oxygens (including phenoxy) is 1. The van der Waals surface area contributed by atoms with Crippen LogP contribution in [0.2, 0.25) is 0 Å². The zero-order valence-electron chi connectivity index (χ0n) is 17.2. The highest BCUT2D eigenvalue weighted by molar-refractivity contribution is 7.98. The number of fused-ring (bicyclic) bond motifs is 1. The van der Waals surface area contributed by atoms with Crippen molar-refractivity contribution >= 4 is 40.8 Å². The van der Waals surface area contributed by atoms with E-state index in [1.807, 2.05) is 0 Å². The van der Waals surface area contributed by atoms with Crippen LogP contribution in [0, 0.1) is 10.6 Å². The molecular formula is C22H24FN3O3S2. The number of carbonyl (C=O) groups excluding carboxylic acids is 1. The normalized spacial score (nSPS) is 11.0. The van der Waals surface area contributed by atoms with E-state index in [0.29, 0.717) is 64.4 Å². The zero-order valence-corrected chi connectivity index (χ0v) is 18.8. The van der Waals surface area contributed by atoms with Gasteiger partial charge in [0.25, 0.3) is 11.5 Å². The molecule has 1 aromatic heterocycles. The molecule has 1 amide bonds. The summed E-state index contributed by atoms with van der Waals surface area (Å²) in [4.78, 5) is 28.2. The average Bonchev–Trinajstić information content (AvgIpc) is 2.76. The number of halogens is 1. The predicted molar refractivity (Wildman–Crippen MR) is 125 cm³/mol. The number of benzene rings is 2. The molecule has 1 heterocycles. The number of hydrogen-bond donors (Lipinski definition) is 2. The molecule has 0 saturated heterocycles. The summed E-state index contributed by atoms with van der Waals surface area (Å²) >= 11 is 6.86. The SMILES string of the molecule is COCCCn1c(=S)[nH]c2cc(C(=O)NCCSCc3ccccc3F)ccc2c1=O. The first-order valence-electron chi connectivity index (χ1n) is 9.86. The fourth-order valence-corrected chi connectivity index (χ4v) is 4.23. The van der Waals surface area contributed by atoms with Gasteiger partial charge in [-0.15, -0.1) is 0 Å². The van der Waals surface area contributed by atoms with E-state index < -0.39 is 0 Å². The van der Waals surface area contributed by atoms with Crippen LogP contribution in [0.3, 0.4) is 0 Å². The molecule has 0 radical (unpaired) electrons. The lowest BCUT2D eigenvalue weighted by Crippen LogP contribution is -2.26. The molecule has 0 aliphatic heterocycles. The van der Waals surface area contributed by atoms with Gasteiger partial charge in [-0.05, 0) is 48.5 Å². The third-order valence-electron chi connectivity index (χ3n) is 4.72. The van der Waals surface area contributed by atoms with Gasteiger partial charge in [0, 0.05) is 43.9 Å². The Balaban J connectivity index is 1.60. The summed E-state index contributed by atoms with van der Waals surface area (Å²) in [6.45, 7) is 1.45. The molecule has 31 heavy (non-hydrogen) atoms. The molecule has 3 rings (SSSR count). The Morgan fingerprint density at radius 1 is 1.29 bits per heavy atom. The number of nitrogens with one attached hydrogen (secondary N) is 2. The Morgan fingerprint density at radius 2 is 2.10 bits per heavy atom. The lowest BCUT2D eigenvalue weighted by Gasteiger charge is -2.09. The van der Waals surface area contributed by atoms with Crippen LogP contribution in [0.1, 0.15) is 22.3 Å². The zero-order chi connectivity index (χ0) is 22.2. The van der Waals surface area contributed by atoms with Crippen molar-refractivity contribution in [2.75, 3.05) is 26.0 Å². The Labute approximate surface area is 188 Å². The molecule has 164 valence electrons. The van der Waals surface area contributed by atoms with Crippen LogP contribution in [0.5, 0.6) is 0 Å². The first-order valence-corrected chi connectivity index (χ1v) is 11.4. The number of nitrogens with zero attached hydrogens (tertiary/aromatic N) is 1. The minimum absolute atomic E-state index is 0.189. The molecule has 3 aromatic rings. The van der Waals surface area contributed by atoms with E-state index in [9.17, 15) is 14.0 Å². The molecule has 9 heteroatoms. The fourth-order valence-electron chi connectivity index (χ4n) is 3.10. The summed E-state index contributed by atoms with van der Waals surface area (Å²) < 4.78 is 20.5.